The van der Waals surface area contributed by atoms with Gasteiger partial charge in [0.1, 0.15) is 0 Å². The van der Waals surface area contributed by atoms with Crippen molar-refractivity contribution in [2.24, 2.45) is 0 Å². The van der Waals surface area contributed by atoms with Crippen molar-refractivity contribution in [2.45, 2.75) is 62.8 Å². The summed E-state index contributed by atoms with van der Waals surface area (Å²) in [6.07, 6.45) is 10.2. The minimum absolute atomic E-state index is 0.632. The lowest BCUT2D eigenvalue weighted by atomic mass is 9.93. The third-order valence-corrected chi connectivity index (χ3v) is 5.34. The van der Waals surface area contributed by atoms with Gasteiger partial charge in [-0.15, -0.1) is 0 Å². The highest BCUT2D eigenvalue weighted by Crippen LogP contribution is 2.27. The Labute approximate surface area is 122 Å². The van der Waals surface area contributed by atoms with Crippen LogP contribution in [0.15, 0.2) is 30.3 Å². The molecule has 1 fully saturated rings. The van der Waals surface area contributed by atoms with Gasteiger partial charge in [-0.2, -0.15) is 11.8 Å². The van der Waals surface area contributed by atoms with E-state index in [1.807, 2.05) is 11.8 Å². The highest BCUT2D eigenvalue weighted by atomic mass is 32.2. The van der Waals surface area contributed by atoms with Crippen molar-refractivity contribution >= 4 is 11.8 Å². The number of benzene rings is 1. The van der Waals surface area contributed by atoms with Crippen LogP contribution < -0.4 is 5.32 Å². The van der Waals surface area contributed by atoms with Gasteiger partial charge in [-0.1, -0.05) is 43.7 Å². The van der Waals surface area contributed by atoms with Gasteiger partial charge in [0.15, 0.2) is 0 Å². The summed E-state index contributed by atoms with van der Waals surface area (Å²) in [5.41, 5.74) is 1.46. The molecule has 0 bridgehead atoms. The zero-order chi connectivity index (χ0) is 13.5. The van der Waals surface area contributed by atoms with Gasteiger partial charge in [0.2, 0.25) is 0 Å². The average molecular weight is 277 g/mol. The van der Waals surface area contributed by atoms with Gasteiger partial charge in [0.25, 0.3) is 0 Å². The molecule has 0 heterocycles. The summed E-state index contributed by atoms with van der Waals surface area (Å²) in [4.78, 5) is 0. The molecular formula is C17H27NS. The molecule has 2 heteroatoms. The first-order valence-corrected chi connectivity index (χ1v) is 8.93. The summed E-state index contributed by atoms with van der Waals surface area (Å²) in [5, 5.41) is 4.78. The third kappa shape index (κ3) is 4.85. The Kier molecular flexibility index (Phi) is 6.25. The predicted octanol–water partition coefficient (Wildman–Crippen LogP) is 4.27. The van der Waals surface area contributed by atoms with E-state index in [4.69, 9.17) is 0 Å². The SMILES string of the molecule is CCC(Cc1ccccc1)NC1CCCC(SC)C1. The molecule has 3 atom stereocenters. The molecule has 2 rings (SSSR count). The fourth-order valence-electron chi connectivity index (χ4n) is 3.06. The Balaban J connectivity index is 1.85. The maximum Gasteiger partial charge on any atom is 0.0107 e. The van der Waals surface area contributed by atoms with Crippen molar-refractivity contribution < 1.29 is 0 Å². The van der Waals surface area contributed by atoms with E-state index in [1.54, 1.807) is 0 Å². The smallest absolute Gasteiger partial charge is 0.0107 e. The molecule has 3 unspecified atom stereocenters. The van der Waals surface area contributed by atoms with Crippen molar-refractivity contribution in [3.8, 4) is 0 Å². The average Bonchev–Trinajstić information content (AvgIpc) is 2.48. The van der Waals surface area contributed by atoms with E-state index < -0.39 is 0 Å². The normalized spacial score (nSPS) is 25.2. The van der Waals surface area contributed by atoms with Gasteiger partial charge in [0, 0.05) is 17.3 Å². The Morgan fingerprint density at radius 1 is 1.26 bits per heavy atom. The van der Waals surface area contributed by atoms with Gasteiger partial charge in [-0.25, -0.2) is 0 Å². The molecule has 1 nitrogen and oxygen atoms in total. The first kappa shape index (κ1) is 14.9. The van der Waals surface area contributed by atoms with Gasteiger partial charge in [-0.3, -0.25) is 0 Å². The van der Waals surface area contributed by atoms with E-state index >= 15 is 0 Å². The maximum atomic E-state index is 3.91. The molecule has 1 aliphatic rings. The van der Waals surface area contributed by atoms with Crippen LogP contribution in [0.2, 0.25) is 0 Å². The van der Waals surface area contributed by atoms with E-state index in [-0.39, 0.29) is 0 Å². The molecule has 1 aromatic carbocycles. The van der Waals surface area contributed by atoms with Crippen LogP contribution in [0.1, 0.15) is 44.6 Å². The second-order valence-electron chi connectivity index (χ2n) is 5.68. The van der Waals surface area contributed by atoms with Crippen molar-refractivity contribution in [1.82, 2.24) is 5.32 Å². The fourth-order valence-corrected chi connectivity index (χ4v) is 3.89. The number of rotatable bonds is 6. The summed E-state index contributed by atoms with van der Waals surface area (Å²) in [6.45, 7) is 2.30. The highest BCUT2D eigenvalue weighted by molar-refractivity contribution is 7.99. The molecule has 0 amide bonds. The van der Waals surface area contributed by atoms with E-state index in [0.29, 0.717) is 6.04 Å². The summed E-state index contributed by atoms with van der Waals surface area (Å²) < 4.78 is 0. The molecule has 1 N–H and O–H groups in total. The van der Waals surface area contributed by atoms with Crippen LogP contribution in [-0.2, 0) is 6.42 Å². The maximum absolute atomic E-state index is 3.91. The van der Waals surface area contributed by atoms with Crippen LogP contribution in [0.25, 0.3) is 0 Å². The molecule has 1 saturated carbocycles. The van der Waals surface area contributed by atoms with Crippen molar-refractivity contribution in [3.63, 3.8) is 0 Å². The zero-order valence-corrected chi connectivity index (χ0v) is 13.1. The van der Waals surface area contributed by atoms with Gasteiger partial charge in [-0.05, 0) is 43.9 Å². The Morgan fingerprint density at radius 3 is 2.74 bits per heavy atom. The molecule has 106 valence electrons. The van der Waals surface area contributed by atoms with Crippen LogP contribution >= 0.6 is 11.8 Å². The minimum atomic E-state index is 0.632. The quantitative estimate of drug-likeness (QED) is 0.833. The first-order valence-electron chi connectivity index (χ1n) is 7.64. The van der Waals surface area contributed by atoms with Gasteiger partial charge in [0.05, 0.1) is 0 Å². The molecule has 0 saturated heterocycles. The Morgan fingerprint density at radius 2 is 2.05 bits per heavy atom. The standard InChI is InChI=1S/C17H27NS/c1-3-15(12-14-8-5-4-6-9-14)18-16-10-7-11-17(13-16)19-2/h4-6,8-9,15-18H,3,7,10-13H2,1-2H3. The zero-order valence-electron chi connectivity index (χ0n) is 12.3. The number of hydrogen-bond donors (Lipinski definition) is 1. The predicted molar refractivity (Wildman–Crippen MR) is 86.9 cm³/mol. The lowest BCUT2D eigenvalue weighted by molar-refractivity contribution is 0.335. The van der Waals surface area contributed by atoms with Crippen LogP contribution in [0, 0.1) is 0 Å². The molecule has 1 aromatic rings. The molecule has 1 aliphatic carbocycles. The molecule has 0 radical (unpaired) electrons. The highest BCUT2D eigenvalue weighted by Gasteiger charge is 2.22. The topological polar surface area (TPSA) is 12.0 Å². The largest absolute Gasteiger partial charge is 0.311 e. The lowest BCUT2D eigenvalue weighted by Crippen LogP contribution is -2.42. The minimum Gasteiger partial charge on any atom is -0.311 e. The molecule has 0 aromatic heterocycles. The second kappa shape index (κ2) is 7.96. The van der Waals surface area contributed by atoms with Crippen molar-refractivity contribution in [2.75, 3.05) is 6.26 Å². The monoisotopic (exact) mass is 277 g/mol. The number of thioether (sulfide) groups is 1. The number of nitrogens with one attached hydrogen (secondary N) is 1. The van der Waals surface area contributed by atoms with Crippen LogP contribution in [0.5, 0.6) is 0 Å². The summed E-state index contributed by atoms with van der Waals surface area (Å²) in [7, 11) is 0. The first-order chi connectivity index (χ1) is 9.31. The summed E-state index contributed by atoms with van der Waals surface area (Å²) in [5.74, 6) is 0. The van der Waals surface area contributed by atoms with E-state index in [1.165, 1.54) is 37.7 Å². The number of hydrogen-bond acceptors (Lipinski definition) is 2. The molecule has 19 heavy (non-hydrogen) atoms. The van der Waals surface area contributed by atoms with Gasteiger partial charge >= 0.3 is 0 Å². The Hall–Kier alpha value is -0.470. The van der Waals surface area contributed by atoms with E-state index in [9.17, 15) is 0 Å². The van der Waals surface area contributed by atoms with Crippen LogP contribution in [0.3, 0.4) is 0 Å². The second-order valence-corrected chi connectivity index (χ2v) is 6.82. The molecule has 0 aliphatic heterocycles. The van der Waals surface area contributed by atoms with Gasteiger partial charge < -0.3 is 5.32 Å². The molecular weight excluding hydrogens is 250 g/mol. The van der Waals surface area contributed by atoms with Crippen molar-refractivity contribution in [3.05, 3.63) is 35.9 Å². The summed E-state index contributed by atoms with van der Waals surface area (Å²) in [6, 6.07) is 12.3. The van der Waals surface area contributed by atoms with Crippen molar-refractivity contribution in [1.29, 1.82) is 0 Å². The van der Waals surface area contributed by atoms with E-state index in [0.717, 1.165) is 17.7 Å². The fraction of sp³-hybridized carbons (Fsp3) is 0.647. The van der Waals surface area contributed by atoms with Crippen LogP contribution in [0.4, 0.5) is 0 Å². The third-order valence-electron chi connectivity index (χ3n) is 4.25. The molecule has 0 spiro atoms. The lowest BCUT2D eigenvalue weighted by Gasteiger charge is -2.32. The van der Waals surface area contributed by atoms with E-state index in [2.05, 4.69) is 48.8 Å². The van der Waals surface area contributed by atoms with Crippen LogP contribution in [-0.4, -0.2) is 23.6 Å². The Bertz CT molecular complexity index is 352. The summed E-state index contributed by atoms with van der Waals surface area (Å²) >= 11 is 2.05.